The number of hydrogen-bond donors (Lipinski definition) is 1. The topological polar surface area (TPSA) is 47.0 Å². The summed E-state index contributed by atoms with van der Waals surface area (Å²) in [6, 6.07) is 7.93. The lowest BCUT2D eigenvalue weighted by Gasteiger charge is -2.13. The van der Waals surface area contributed by atoms with Crippen LogP contribution >= 0.6 is 0 Å². The van der Waals surface area contributed by atoms with Gasteiger partial charge in [-0.2, -0.15) is 0 Å². The number of rotatable bonds is 6. The Morgan fingerprint density at radius 3 is 2.76 bits per heavy atom. The van der Waals surface area contributed by atoms with Crippen molar-refractivity contribution in [1.82, 2.24) is 9.97 Å². The zero-order valence-corrected chi connectivity index (χ0v) is 12.8. The molecule has 1 aromatic heterocycles. The lowest BCUT2D eigenvalue weighted by Crippen LogP contribution is -2.03. The number of ether oxygens (including phenoxy) is 1. The molecule has 1 N–H and O–H groups in total. The van der Waals surface area contributed by atoms with Gasteiger partial charge < -0.3 is 10.1 Å². The van der Waals surface area contributed by atoms with Gasteiger partial charge >= 0.3 is 0 Å². The second-order valence-electron chi connectivity index (χ2n) is 4.65. The molecule has 0 aliphatic heterocycles. The van der Waals surface area contributed by atoms with Crippen LogP contribution in [0.15, 0.2) is 36.7 Å². The number of anilines is 1. The second-order valence-corrected chi connectivity index (χ2v) is 4.65. The molecule has 0 aliphatic carbocycles. The van der Waals surface area contributed by atoms with E-state index in [-0.39, 0.29) is 0 Å². The van der Waals surface area contributed by atoms with Crippen LogP contribution in [-0.2, 0) is 6.42 Å². The lowest BCUT2D eigenvalue weighted by atomic mass is 10.1. The highest BCUT2D eigenvalue weighted by atomic mass is 16.5. The minimum absolute atomic E-state index is 0.619. The van der Waals surface area contributed by atoms with Gasteiger partial charge in [-0.1, -0.05) is 43.7 Å². The molecule has 0 bridgehead atoms. The number of nitrogens with zero attached hydrogens (tertiary/aromatic N) is 2. The molecule has 110 valence electrons. The first kappa shape index (κ1) is 15.0. The van der Waals surface area contributed by atoms with Crippen molar-refractivity contribution >= 4 is 11.9 Å². The Hall–Kier alpha value is -2.36. The third-order valence-corrected chi connectivity index (χ3v) is 3.11. The predicted octanol–water partition coefficient (Wildman–Crippen LogP) is 4.30. The van der Waals surface area contributed by atoms with E-state index in [0.717, 1.165) is 35.5 Å². The predicted molar refractivity (Wildman–Crippen MR) is 86.8 cm³/mol. The van der Waals surface area contributed by atoms with Crippen molar-refractivity contribution in [2.75, 3.05) is 12.4 Å². The maximum atomic E-state index is 6.05. The number of allylic oxidation sites excluding steroid dienone is 1. The van der Waals surface area contributed by atoms with Crippen LogP contribution in [0.5, 0.6) is 11.6 Å². The molecule has 21 heavy (non-hydrogen) atoms. The standard InChI is InChI=1S/C17H21N3O/c1-4-8-13-10-6-7-11-15(13)21-17-14(9-5-2)16(18-3)19-12-20-17/h4,6-8,10-12H,5,9H2,1-3H3,(H,18,19,20)/b8-4+. The summed E-state index contributed by atoms with van der Waals surface area (Å²) in [6.07, 6.45) is 7.43. The Kier molecular flexibility index (Phi) is 5.32. The minimum atomic E-state index is 0.619. The van der Waals surface area contributed by atoms with E-state index in [0.29, 0.717) is 5.88 Å². The van der Waals surface area contributed by atoms with E-state index < -0.39 is 0 Å². The number of para-hydroxylation sites is 1. The van der Waals surface area contributed by atoms with Crippen molar-refractivity contribution in [3.05, 3.63) is 47.8 Å². The molecule has 1 heterocycles. The van der Waals surface area contributed by atoms with E-state index in [4.69, 9.17) is 4.74 Å². The highest BCUT2D eigenvalue weighted by Gasteiger charge is 2.13. The molecule has 0 aliphatic rings. The summed E-state index contributed by atoms with van der Waals surface area (Å²) in [4.78, 5) is 8.57. The number of aromatic nitrogens is 2. The third kappa shape index (κ3) is 3.60. The lowest BCUT2D eigenvalue weighted by molar-refractivity contribution is 0.453. The van der Waals surface area contributed by atoms with Crippen molar-refractivity contribution in [2.45, 2.75) is 26.7 Å². The summed E-state index contributed by atoms with van der Waals surface area (Å²) in [7, 11) is 1.86. The van der Waals surface area contributed by atoms with Crippen molar-refractivity contribution in [3.63, 3.8) is 0 Å². The molecule has 4 heteroatoms. The van der Waals surface area contributed by atoms with E-state index in [1.165, 1.54) is 6.33 Å². The summed E-state index contributed by atoms with van der Waals surface area (Å²) in [5.74, 6) is 2.24. The molecule has 0 saturated heterocycles. The fourth-order valence-corrected chi connectivity index (χ4v) is 2.17. The van der Waals surface area contributed by atoms with Crippen LogP contribution in [0.1, 0.15) is 31.4 Å². The first-order chi connectivity index (χ1) is 10.3. The van der Waals surface area contributed by atoms with Crippen LogP contribution in [0.25, 0.3) is 6.08 Å². The van der Waals surface area contributed by atoms with Crippen LogP contribution in [0, 0.1) is 0 Å². The van der Waals surface area contributed by atoms with Crippen LogP contribution in [0.3, 0.4) is 0 Å². The van der Waals surface area contributed by atoms with Gasteiger partial charge in [-0.25, -0.2) is 9.97 Å². The van der Waals surface area contributed by atoms with Crippen molar-refractivity contribution < 1.29 is 4.74 Å². The zero-order valence-electron chi connectivity index (χ0n) is 12.8. The van der Waals surface area contributed by atoms with E-state index in [2.05, 4.69) is 22.2 Å². The summed E-state index contributed by atoms with van der Waals surface area (Å²) in [6.45, 7) is 4.12. The van der Waals surface area contributed by atoms with Gasteiger partial charge in [-0.05, 0) is 19.4 Å². The third-order valence-electron chi connectivity index (χ3n) is 3.11. The van der Waals surface area contributed by atoms with Crippen molar-refractivity contribution in [1.29, 1.82) is 0 Å². The first-order valence-electron chi connectivity index (χ1n) is 7.21. The smallest absolute Gasteiger partial charge is 0.227 e. The van der Waals surface area contributed by atoms with Gasteiger partial charge in [-0.15, -0.1) is 0 Å². The Morgan fingerprint density at radius 1 is 1.24 bits per heavy atom. The molecular formula is C17H21N3O. The van der Waals surface area contributed by atoms with Gasteiger partial charge in [0.15, 0.2) is 0 Å². The van der Waals surface area contributed by atoms with Gasteiger partial charge in [0.05, 0.1) is 5.56 Å². The van der Waals surface area contributed by atoms with E-state index in [1.807, 2.05) is 50.4 Å². The number of benzene rings is 1. The molecule has 2 rings (SSSR count). The van der Waals surface area contributed by atoms with E-state index in [1.54, 1.807) is 0 Å². The van der Waals surface area contributed by atoms with Crippen molar-refractivity contribution in [3.8, 4) is 11.6 Å². The molecule has 0 fully saturated rings. The maximum Gasteiger partial charge on any atom is 0.227 e. The monoisotopic (exact) mass is 283 g/mol. The molecule has 1 aromatic carbocycles. The summed E-state index contributed by atoms with van der Waals surface area (Å²) in [5.41, 5.74) is 2.05. The van der Waals surface area contributed by atoms with Crippen LogP contribution in [-0.4, -0.2) is 17.0 Å². The molecule has 4 nitrogen and oxygen atoms in total. The van der Waals surface area contributed by atoms with Crippen LogP contribution in [0.4, 0.5) is 5.82 Å². The Morgan fingerprint density at radius 2 is 2.05 bits per heavy atom. The molecule has 0 saturated carbocycles. The number of hydrogen-bond acceptors (Lipinski definition) is 4. The second kappa shape index (κ2) is 7.43. The molecular weight excluding hydrogens is 262 g/mol. The van der Waals surface area contributed by atoms with Gasteiger partial charge in [0.1, 0.15) is 17.9 Å². The Bertz CT molecular complexity index is 623. The molecule has 0 unspecified atom stereocenters. The largest absolute Gasteiger partial charge is 0.438 e. The quantitative estimate of drug-likeness (QED) is 0.858. The van der Waals surface area contributed by atoms with Gasteiger partial charge in [0.2, 0.25) is 5.88 Å². The first-order valence-corrected chi connectivity index (χ1v) is 7.21. The average molecular weight is 283 g/mol. The molecule has 0 atom stereocenters. The number of nitrogens with one attached hydrogen (secondary N) is 1. The summed E-state index contributed by atoms with van der Waals surface area (Å²) < 4.78 is 6.05. The summed E-state index contributed by atoms with van der Waals surface area (Å²) in [5, 5.41) is 3.10. The molecule has 2 aromatic rings. The van der Waals surface area contributed by atoms with E-state index in [9.17, 15) is 0 Å². The Labute approximate surface area is 125 Å². The van der Waals surface area contributed by atoms with Gasteiger partial charge in [0, 0.05) is 12.6 Å². The van der Waals surface area contributed by atoms with Crippen LogP contribution in [0.2, 0.25) is 0 Å². The fraction of sp³-hybridized carbons (Fsp3) is 0.294. The molecule has 0 spiro atoms. The minimum Gasteiger partial charge on any atom is -0.438 e. The SMILES string of the molecule is C/C=C/c1ccccc1Oc1ncnc(NC)c1CCC. The molecule has 0 radical (unpaired) electrons. The normalized spacial score (nSPS) is 10.8. The van der Waals surface area contributed by atoms with Gasteiger partial charge in [-0.3, -0.25) is 0 Å². The van der Waals surface area contributed by atoms with Crippen molar-refractivity contribution in [2.24, 2.45) is 0 Å². The average Bonchev–Trinajstić information content (AvgIpc) is 2.51. The van der Waals surface area contributed by atoms with Crippen LogP contribution < -0.4 is 10.1 Å². The highest BCUT2D eigenvalue weighted by molar-refractivity contribution is 5.58. The Balaban J connectivity index is 2.40. The maximum absolute atomic E-state index is 6.05. The van der Waals surface area contributed by atoms with Gasteiger partial charge in [0.25, 0.3) is 0 Å². The molecule has 0 amide bonds. The van der Waals surface area contributed by atoms with E-state index >= 15 is 0 Å². The highest BCUT2D eigenvalue weighted by Crippen LogP contribution is 2.30. The zero-order chi connectivity index (χ0) is 15.1. The summed E-state index contributed by atoms with van der Waals surface area (Å²) >= 11 is 0. The fourth-order valence-electron chi connectivity index (χ4n) is 2.17.